The zero-order valence-electron chi connectivity index (χ0n) is 17.1. The number of carbonyl (C=O) groups is 2. The van der Waals surface area contributed by atoms with Gasteiger partial charge in [0, 0.05) is 6.20 Å². The summed E-state index contributed by atoms with van der Waals surface area (Å²) in [6, 6.07) is 7.47. The fraction of sp³-hybridized carbons (Fsp3) is 0.0952. The molecule has 2 N–H and O–H groups in total. The van der Waals surface area contributed by atoms with E-state index in [0.717, 1.165) is 24.4 Å². The number of sulfonamides is 1. The number of carbonyl (C=O) groups excluding carboxylic acids is 2. The van der Waals surface area contributed by atoms with Gasteiger partial charge in [-0.2, -0.15) is 13.2 Å². The Kier molecular flexibility index (Phi) is 6.38. The number of anilines is 2. The molecule has 0 unspecified atom stereocenters. The third-order valence-corrected chi connectivity index (χ3v) is 6.65. The first-order valence-electron chi connectivity index (χ1n) is 9.52. The monoisotopic (exact) mass is 545 g/mol. The lowest BCUT2D eigenvalue weighted by molar-refractivity contribution is -0.137. The Labute approximate surface area is 206 Å². The molecular weight excluding hydrogens is 534 g/mol. The van der Waals surface area contributed by atoms with Crippen molar-refractivity contribution < 1.29 is 35.9 Å². The highest BCUT2D eigenvalue weighted by Gasteiger charge is 2.35. The summed E-state index contributed by atoms with van der Waals surface area (Å²) in [6.45, 7) is -0.344. The Bertz CT molecular complexity index is 1480. The molecule has 2 aromatic carbocycles. The topological polar surface area (TPSA) is 114 Å². The minimum atomic E-state index is -4.90. The van der Waals surface area contributed by atoms with Crippen LogP contribution in [0.5, 0.6) is 5.75 Å². The number of hydrogen-bond acceptors (Lipinski definition) is 6. The number of hydrogen-bond donors (Lipinski definition) is 2. The van der Waals surface area contributed by atoms with Gasteiger partial charge in [-0.3, -0.25) is 14.3 Å². The summed E-state index contributed by atoms with van der Waals surface area (Å²) in [6.07, 6.45) is -3.81. The predicted octanol–water partition coefficient (Wildman–Crippen LogP) is 4.77. The van der Waals surface area contributed by atoms with Gasteiger partial charge in [0.2, 0.25) is 5.78 Å². The number of alkyl halides is 3. The van der Waals surface area contributed by atoms with Crippen LogP contribution >= 0.6 is 23.2 Å². The van der Waals surface area contributed by atoms with Gasteiger partial charge >= 0.3 is 6.18 Å². The number of fused-ring (bicyclic) bond motifs is 1. The first-order valence-corrected chi connectivity index (χ1v) is 11.8. The number of ether oxygens (including phenoxy) is 1. The van der Waals surface area contributed by atoms with E-state index in [-0.39, 0.29) is 34.3 Å². The summed E-state index contributed by atoms with van der Waals surface area (Å²) in [7, 11) is -4.64. The molecule has 35 heavy (non-hydrogen) atoms. The fourth-order valence-electron chi connectivity index (χ4n) is 3.21. The summed E-state index contributed by atoms with van der Waals surface area (Å²) in [4.78, 5) is 28.0. The smallest absolute Gasteiger partial charge is 0.417 e. The number of rotatable bonds is 5. The van der Waals surface area contributed by atoms with E-state index in [0.29, 0.717) is 6.07 Å². The maximum Gasteiger partial charge on any atom is 0.417 e. The van der Waals surface area contributed by atoms with E-state index in [4.69, 9.17) is 27.9 Å². The fourth-order valence-corrected chi connectivity index (χ4v) is 4.68. The van der Waals surface area contributed by atoms with Gasteiger partial charge in [0.1, 0.15) is 5.69 Å². The standard InChI is InChI=1S/C21H12Cl2F3N3O5S/c22-10-6-16(29-35(32,33)11-4-5-14(23)13(7-11)21(24,25)26)18(27-8-10)19(31)12-2-1-3-15-20(12)34-9-17(30)28-15/h1-8,29H,9H2,(H,28,30). The maximum absolute atomic E-state index is 13.3. The SMILES string of the molecule is O=C1COc2c(cccc2C(=O)c2ncc(Cl)cc2NS(=O)(=O)c2ccc(Cl)c(C(F)(F)F)c2)N1. The van der Waals surface area contributed by atoms with Crippen molar-refractivity contribution in [3.05, 3.63) is 75.5 Å². The first-order chi connectivity index (χ1) is 16.4. The van der Waals surface area contributed by atoms with E-state index in [2.05, 4.69) is 15.0 Å². The van der Waals surface area contributed by atoms with Crippen molar-refractivity contribution in [2.45, 2.75) is 11.1 Å². The number of halogens is 5. The normalized spacial score (nSPS) is 13.5. The van der Waals surface area contributed by atoms with Gasteiger partial charge in [-0.25, -0.2) is 13.4 Å². The van der Waals surface area contributed by atoms with Gasteiger partial charge in [-0.15, -0.1) is 0 Å². The summed E-state index contributed by atoms with van der Waals surface area (Å²) < 4.78 is 72.9. The molecule has 0 aliphatic carbocycles. The lowest BCUT2D eigenvalue weighted by Crippen LogP contribution is -2.26. The number of para-hydroxylation sites is 1. The van der Waals surface area contributed by atoms with Crippen LogP contribution in [0.2, 0.25) is 10.0 Å². The number of aromatic nitrogens is 1. The van der Waals surface area contributed by atoms with Crippen LogP contribution in [-0.4, -0.2) is 31.7 Å². The zero-order valence-corrected chi connectivity index (χ0v) is 19.4. The molecule has 2 heterocycles. The summed E-state index contributed by atoms with van der Waals surface area (Å²) in [5.41, 5.74) is -1.95. The largest absolute Gasteiger partial charge is 0.481 e. The summed E-state index contributed by atoms with van der Waals surface area (Å²) in [5.74, 6) is -1.17. The highest BCUT2D eigenvalue weighted by Crippen LogP contribution is 2.37. The van der Waals surface area contributed by atoms with Crippen LogP contribution in [0.15, 0.2) is 53.6 Å². The molecule has 182 valence electrons. The van der Waals surface area contributed by atoms with Gasteiger partial charge in [0.15, 0.2) is 12.4 Å². The summed E-state index contributed by atoms with van der Waals surface area (Å²) >= 11 is 11.5. The van der Waals surface area contributed by atoms with E-state index >= 15 is 0 Å². The third kappa shape index (κ3) is 5.04. The Balaban J connectivity index is 1.75. The molecule has 0 spiro atoms. The predicted molar refractivity (Wildman–Crippen MR) is 121 cm³/mol. The Morgan fingerprint density at radius 2 is 1.89 bits per heavy atom. The Morgan fingerprint density at radius 1 is 1.14 bits per heavy atom. The van der Waals surface area contributed by atoms with Gasteiger partial charge in [-0.1, -0.05) is 29.3 Å². The molecule has 14 heteroatoms. The number of nitrogens with zero attached hydrogens (tertiary/aromatic N) is 1. The van der Waals surface area contributed by atoms with Gasteiger partial charge in [0.25, 0.3) is 15.9 Å². The minimum Gasteiger partial charge on any atom is -0.481 e. The first kappa shape index (κ1) is 24.8. The van der Waals surface area contributed by atoms with Gasteiger partial charge < -0.3 is 10.1 Å². The van der Waals surface area contributed by atoms with Crippen LogP contribution in [0.1, 0.15) is 21.6 Å². The van der Waals surface area contributed by atoms with Gasteiger partial charge in [-0.05, 0) is 36.4 Å². The molecule has 1 amide bonds. The molecule has 1 aromatic heterocycles. The molecule has 0 saturated carbocycles. The van der Waals surface area contributed by atoms with Crippen molar-refractivity contribution in [3.8, 4) is 5.75 Å². The van der Waals surface area contributed by atoms with Crippen molar-refractivity contribution in [3.63, 3.8) is 0 Å². The molecule has 4 rings (SSSR count). The number of pyridine rings is 1. The highest BCUT2D eigenvalue weighted by molar-refractivity contribution is 7.92. The van der Waals surface area contributed by atoms with Crippen LogP contribution in [0.4, 0.5) is 24.5 Å². The number of benzene rings is 2. The quantitative estimate of drug-likeness (QED) is 0.446. The molecule has 0 saturated heterocycles. The minimum absolute atomic E-state index is 0.0383. The molecular formula is C21H12Cl2F3N3O5S. The van der Waals surface area contributed by atoms with Crippen LogP contribution in [-0.2, 0) is 21.0 Å². The van der Waals surface area contributed by atoms with Gasteiger partial charge in [0.05, 0.1) is 37.4 Å². The highest BCUT2D eigenvalue weighted by atomic mass is 35.5. The molecule has 1 aliphatic rings. The molecule has 0 fully saturated rings. The number of ketones is 1. The van der Waals surface area contributed by atoms with Crippen LogP contribution in [0.3, 0.4) is 0 Å². The van der Waals surface area contributed by atoms with Crippen molar-refractivity contribution in [1.29, 1.82) is 0 Å². The van der Waals surface area contributed by atoms with Crippen LogP contribution in [0, 0.1) is 0 Å². The Morgan fingerprint density at radius 3 is 2.60 bits per heavy atom. The lowest BCUT2D eigenvalue weighted by atomic mass is 10.0. The molecule has 0 bridgehead atoms. The number of amides is 1. The van der Waals surface area contributed by atoms with Crippen molar-refractivity contribution in [1.82, 2.24) is 4.98 Å². The van der Waals surface area contributed by atoms with Crippen molar-refractivity contribution >= 4 is 56.3 Å². The average Bonchev–Trinajstić information content (AvgIpc) is 2.77. The molecule has 0 radical (unpaired) electrons. The molecule has 1 aliphatic heterocycles. The molecule has 3 aromatic rings. The molecule has 8 nitrogen and oxygen atoms in total. The van der Waals surface area contributed by atoms with E-state index in [9.17, 15) is 31.2 Å². The Hall–Kier alpha value is -3.35. The zero-order chi connectivity index (χ0) is 25.5. The maximum atomic E-state index is 13.3. The number of nitrogens with one attached hydrogen (secondary N) is 2. The summed E-state index contributed by atoms with van der Waals surface area (Å²) in [5, 5.41) is 1.81. The second-order valence-electron chi connectivity index (χ2n) is 7.14. The second-order valence-corrected chi connectivity index (χ2v) is 9.67. The van der Waals surface area contributed by atoms with E-state index in [1.807, 2.05) is 0 Å². The van der Waals surface area contributed by atoms with E-state index < -0.39 is 49.1 Å². The van der Waals surface area contributed by atoms with Crippen LogP contribution in [0.25, 0.3) is 0 Å². The van der Waals surface area contributed by atoms with Crippen molar-refractivity contribution in [2.75, 3.05) is 16.6 Å². The molecule has 0 atom stereocenters. The van der Waals surface area contributed by atoms with Crippen molar-refractivity contribution in [2.24, 2.45) is 0 Å². The third-order valence-electron chi connectivity index (χ3n) is 4.75. The second kappa shape index (κ2) is 9.02. The van der Waals surface area contributed by atoms with E-state index in [1.165, 1.54) is 18.2 Å². The van der Waals surface area contributed by atoms with E-state index in [1.54, 1.807) is 0 Å². The lowest BCUT2D eigenvalue weighted by Gasteiger charge is -2.20. The van der Waals surface area contributed by atoms with Crippen LogP contribution < -0.4 is 14.8 Å². The average molecular weight is 546 g/mol.